The van der Waals surface area contributed by atoms with E-state index in [-0.39, 0.29) is 5.91 Å². The summed E-state index contributed by atoms with van der Waals surface area (Å²) < 4.78 is 0. The molecular formula is C13H21N3O. The van der Waals surface area contributed by atoms with Crippen LogP contribution in [-0.2, 0) is 11.3 Å². The van der Waals surface area contributed by atoms with Crippen LogP contribution in [0.15, 0.2) is 18.3 Å². The predicted octanol–water partition coefficient (Wildman–Crippen LogP) is 1.38. The van der Waals surface area contributed by atoms with Crippen molar-refractivity contribution in [3.63, 3.8) is 0 Å². The summed E-state index contributed by atoms with van der Waals surface area (Å²) in [5.41, 5.74) is 7.73. The van der Waals surface area contributed by atoms with Gasteiger partial charge in [0.1, 0.15) is 0 Å². The second kappa shape index (κ2) is 6.35. The zero-order valence-electron chi connectivity index (χ0n) is 10.7. The Labute approximate surface area is 103 Å². The van der Waals surface area contributed by atoms with Crippen LogP contribution in [-0.4, -0.2) is 16.9 Å². The maximum atomic E-state index is 11.7. The maximum absolute atomic E-state index is 11.7. The third-order valence-electron chi connectivity index (χ3n) is 2.50. The molecule has 0 spiro atoms. The zero-order chi connectivity index (χ0) is 12.8. The summed E-state index contributed by atoms with van der Waals surface area (Å²) in [5, 5.41) is 2.82. The van der Waals surface area contributed by atoms with Crippen LogP contribution >= 0.6 is 0 Å². The van der Waals surface area contributed by atoms with Crippen molar-refractivity contribution < 1.29 is 4.79 Å². The first-order chi connectivity index (χ1) is 7.99. The molecule has 17 heavy (non-hydrogen) atoms. The van der Waals surface area contributed by atoms with Gasteiger partial charge < -0.3 is 11.1 Å². The number of hydrogen-bond acceptors (Lipinski definition) is 3. The quantitative estimate of drug-likeness (QED) is 0.810. The molecule has 4 nitrogen and oxygen atoms in total. The number of nitrogens with zero attached hydrogens (tertiary/aromatic N) is 1. The van der Waals surface area contributed by atoms with E-state index in [9.17, 15) is 4.79 Å². The van der Waals surface area contributed by atoms with E-state index in [1.54, 1.807) is 6.20 Å². The lowest BCUT2D eigenvalue weighted by Gasteiger charge is -2.14. The fourth-order valence-electron chi connectivity index (χ4n) is 1.54. The molecule has 1 unspecified atom stereocenters. The number of nitrogens with two attached hydrogens (primary N) is 1. The Morgan fingerprint density at radius 3 is 2.71 bits per heavy atom. The highest BCUT2D eigenvalue weighted by atomic mass is 16.2. The highest BCUT2D eigenvalue weighted by Crippen LogP contribution is 2.03. The lowest BCUT2D eigenvalue weighted by Crippen LogP contribution is -2.41. The van der Waals surface area contributed by atoms with Gasteiger partial charge in [-0.1, -0.05) is 19.9 Å². The first-order valence-corrected chi connectivity index (χ1v) is 5.94. The number of hydrogen-bond donors (Lipinski definition) is 2. The second-order valence-corrected chi connectivity index (χ2v) is 4.76. The third-order valence-corrected chi connectivity index (χ3v) is 2.50. The lowest BCUT2D eigenvalue weighted by molar-refractivity contribution is -0.122. The molecule has 1 aromatic heterocycles. The van der Waals surface area contributed by atoms with E-state index < -0.39 is 6.04 Å². The molecule has 0 saturated heterocycles. The summed E-state index contributed by atoms with van der Waals surface area (Å²) in [6.07, 6.45) is 2.47. The smallest absolute Gasteiger partial charge is 0.237 e. The molecule has 1 amide bonds. The molecule has 0 aliphatic rings. The van der Waals surface area contributed by atoms with Crippen LogP contribution in [0.2, 0.25) is 0 Å². The highest BCUT2D eigenvalue weighted by Gasteiger charge is 2.14. The van der Waals surface area contributed by atoms with Crippen LogP contribution in [0.3, 0.4) is 0 Å². The molecule has 1 heterocycles. The van der Waals surface area contributed by atoms with Gasteiger partial charge in [-0.25, -0.2) is 0 Å². The van der Waals surface area contributed by atoms with Crippen molar-refractivity contribution in [2.75, 3.05) is 0 Å². The van der Waals surface area contributed by atoms with Gasteiger partial charge in [-0.05, 0) is 30.9 Å². The minimum absolute atomic E-state index is 0.0979. The van der Waals surface area contributed by atoms with Gasteiger partial charge in [-0.15, -0.1) is 0 Å². The molecule has 3 N–H and O–H groups in total. The molecule has 4 heteroatoms. The highest BCUT2D eigenvalue weighted by molar-refractivity contribution is 5.81. The van der Waals surface area contributed by atoms with Crippen molar-refractivity contribution in [3.8, 4) is 0 Å². The van der Waals surface area contributed by atoms with Crippen LogP contribution < -0.4 is 11.1 Å². The van der Waals surface area contributed by atoms with Gasteiger partial charge in [0.25, 0.3) is 0 Å². The monoisotopic (exact) mass is 235 g/mol. The van der Waals surface area contributed by atoms with E-state index in [0.717, 1.165) is 11.3 Å². The lowest BCUT2D eigenvalue weighted by atomic mass is 10.0. The molecule has 1 aromatic rings. The number of carbonyl (C=O) groups is 1. The third kappa shape index (κ3) is 4.95. The topological polar surface area (TPSA) is 68.0 Å². The number of carbonyl (C=O) groups excluding carboxylic acids is 1. The fraction of sp³-hybridized carbons (Fsp3) is 0.538. The van der Waals surface area contributed by atoms with Crippen LogP contribution in [0.4, 0.5) is 0 Å². The first-order valence-electron chi connectivity index (χ1n) is 5.94. The number of amides is 1. The van der Waals surface area contributed by atoms with E-state index in [0.29, 0.717) is 18.9 Å². The van der Waals surface area contributed by atoms with Crippen LogP contribution in [0.1, 0.15) is 31.5 Å². The van der Waals surface area contributed by atoms with Gasteiger partial charge in [-0.2, -0.15) is 0 Å². The fourth-order valence-corrected chi connectivity index (χ4v) is 1.54. The summed E-state index contributed by atoms with van der Waals surface area (Å²) in [4.78, 5) is 15.8. The normalized spacial score (nSPS) is 12.5. The van der Waals surface area contributed by atoms with Gasteiger partial charge in [0.2, 0.25) is 5.91 Å². The summed E-state index contributed by atoms with van der Waals surface area (Å²) in [7, 11) is 0. The number of aryl methyl sites for hydroxylation is 1. The molecule has 94 valence electrons. The molecule has 1 rings (SSSR count). The summed E-state index contributed by atoms with van der Waals surface area (Å²) in [6.45, 7) is 6.52. The Kier molecular flexibility index (Phi) is 5.10. The number of rotatable bonds is 5. The van der Waals surface area contributed by atoms with Gasteiger partial charge in [0.15, 0.2) is 0 Å². The largest absolute Gasteiger partial charge is 0.351 e. The van der Waals surface area contributed by atoms with Crippen molar-refractivity contribution in [1.82, 2.24) is 10.3 Å². The van der Waals surface area contributed by atoms with E-state index in [1.165, 1.54) is 0 Å². The SMILES string of the molecule is Cc1ccc(CNC(=O)C(N)CC(C)C)cn1. The average molecular weight is 235 g/mol. The van der Waals surface area contributed by atoms with E-state index in [4.69, 9.17) is 5.73 Å². The molecule has 0 aliphatic heterocycles. The van der Waals surface area contributed by atoms with Crippen molar-refractivity contribution in [2.24, 2.45) is 11.7 Å². The van der Waals surface area contributed by atoms with Gasteiger partial charge in [0.05, 0.1) is 6.04 Å². The van der Waals surface area contributed by atoms with Crippen molar-refractivity contribution in [3.05, 3.63) is 29.6 Å². The molecular weight excluding hydrogens is 214 g/mol. The Morgan fingerprint density at radius 1 is 1.47 bits per heavy atom. The Bertz CT molecular complexity index is 359. The molecule has 0 fully saturated rings. The second-order valence-electron chi connectivity index (χ2n) is 4.76. The molecule has 0 aliphatic carbocycles. The maximum Gasteiger partial charge on any atom is 0.237 e. The van der Waals surface area contributed by atoms with Crippen LogP contribution in [0.5, 0.6) is 0 Å². The van der Waals surface area contributed by atoms with Gasteiger partial charge in [0, 0.05) is 18.4 Å². The number of nitrogens with one attached hydrogen (secondary N) is 1. The summed E-state index contributed by atoms with van der Waals surface area (Å²) in [5.74, 6) is 0.330. The van der Waals surface area contributed by atoms with Crippen molar-refractivity contribution in [1.29, 1.82) is 0 Å². The Balaban J connectivity index is 2.40. The number of pyridine rings is 1. The minimum Gasteiger partial charge on any atom is -0.351 e. The molecule has 1 atom stereocenters. The summed E-state index contributed by atoms with van der Waals surface area (Å²) >= 11 is 0. The van der Waals surface area contributed by atoms with E-state index >= 15 is 0 Å². The van der Waals surface area contributed by atoms with Gasteiger partial charge >= 0.3 is 0 Å². The van der Waals surface area contributed by atoms with Gasteiger partial charge in [-0.3, -0.25) is 9.78 Å². The van der Waals surface area contributed by atoms with Crippen LogP contribution in [0.25, 0.3) is 0 Å². The first kappa shape index (κ1) is 13.6. The Hall–Kier alpha value is -1.42. The predicted molar refractivity (Wildman–Crippen MR) is 68.3 cm³/mol. The molecule has 0 aromatic carbocycles. The summed E-state index contributed by atoms with van der Waals surface area (Å²) in [6, 6.07) is 3.46. The standard InChI is InChI=1S/C13H21N3O/c1-9(2)6-12(14)13(17)16-8-11-5-4-10(3)15-7-11/h4-5,7,9,12H,6,8,14H2,1-3H3,(H,16,17). The van der Waals surface area contributed by atoms with Crippen molar-refractivity contribution in [2.45, 2.75) is 39.8 Å². The van der Waals surface area contributed by atoms with E-state index in [2.05, 4.69) is 24.1 Å². The zero-order valence-corrected chi connectivity index (χ0v) is 10.7. The molecule has 0 radical (unpaired) electrons. The van der Waals surface area contributed by atoms with E-state index in [1.807, 2.05) is 19.1 Å². The minimum atomic E-state index is -0.423. The van der Waals surface area contributed by atoms with Crippen LogP contribution in [0, 0.1) is 12.8 Å². The molecule has 0 bridgehead atoms. The number of aromatic nitrogens is 1. The Morgan fingerprint density at radius 2 is 2.18 bits per heavy atom. The average Bonchev–Trinajstić information content (AvgIpc) is 2.27. The van der Waals surface area contributed by atoms with Crippen molar-refractivity contribution >= 4 is 5.91 Å². The molecule has 0 saturated carbocycles.